The van der Waals surface area contributed by atoms with Crippen LogP contribution in [0, 0.1) is 5.92 Å². The Hall–Kier alpha value is -1.31. The van der Waals surface area contributed by atoms with Crippen LogP contribution in [0.3, 0.4) is 0 Å². The Balaban J connectivity index is 2.83. The molecule has 1 aromatic rings. The third-order valence-corrected chi connectivity index (χ3v) is 4.61. The van der Waals surface area contributed by atoms with Gasteiger partial charge in [0, 0.05) is 19.2 Å². The third-order valence-electron chi connectivity index (χ3n) is 3.19. The summed E-state index contributed by atoms with van der Waals surface area (Å²) in [5.41, 5.74) is 6.05. The SMILES string of the molecule is CCC(CCO)CNS(=O)(=O)c1ccc(N)c(OC)c1. The lowest BCUT2D eigenvalue weighted by Crippen LogP contribution is -2.29. The summed E-state index contributed by atoms with van der Waals surface area (Å²) < 4.78 is 31.9. The van der Waals surface area contributed by atoms with Gasteiger partial charge in [0.25, 0.3) is 0 Å². The van der Waals surface area contributed by atoms with Crippen molar-refractivity contribution in [2.45, 2.75) is 24.7 Å². The van der Waals surface area contributed by atoms with Gasteiger partial charge < -0.3 is 15.6 Å². The standard InChI is InChI=1S/C13H22N2O4S/c1-3-10(6-7-16)9-15-20(17,18)11-4-5-12(14)13(8-11)19-2/h4-5,8,10,15-16H,3,6-7,9,14H2,1-2H3. The highest BCUT2D eigenvalue weighted by Gasteiger charge is 2.17. The van der Waals surface area contributed by atoms with Crippen LogP contribution >= 0.6 is 0 Å². The van der Waals surface area contributed by atoms with E-state index in [4.69, 9.17) is 15.6 Å². The van der Waals surface area contributed by atoms with Crippen LogP contribution in [0.25, 0.3) is 0 Å². The predicted molar refractivity (Wildman–Crippen MR) is 78.1 cm³/mol. The van der Waals surface area contributed by atoms with Crippen molar-refractivity contribution in [2.75, 3.05) is 26.0 Å². The average molecular weight is 302 g/mol. The van der Waals surface area contributed by atoms with E-state index in [0.717, 1.165) is 6.42 Å². The number of rotatable bonds is 8. The minimum atomic E-state index is -3.60. The number of methoxy groups -OCH3 is 1. The number of sulfonamides is 1. The summed E-state index contributed by atoms with van der Waals surface area (Å²) in [5.74, 6) is 0.445. The van der Waals surface area contributed by atoms with Gasteiger partial charge in [-0.25, -0.2) is 13.1 Å². The molecule has 0 heterocycles. The molecule has 0 radical (unpaired) electrons. The molecule has 0 bridgehead atoms. The van der Waals surface area contributed by atoms with Crippen molar-refractivity contribution in [3.63, 3.8) is 0 Å². The molecule has 6 nitrogen and oxygen atoms in total. The van der Waals surface area contributed by atoms with Crippen LogP contribution in [0.5, 0.6) is 5.75 Å². The number of nitrogen functional groups attached to an aromatic ring is 1. The molecular weight excluding hydrogens is 280 g/mol. The van der Waals surface area contributed by atoms with Gasteiger partial charge in [0.15, 0.2) is 0 Å². The first-order chi connectivity index (χ1) is 9.44. The van der Waals surface area contributed by atoms with Crippen LogP contribution in [0.4, 0.5) is 5.69 Å². The Kier molecular flexibility index (Phi) is 6.25. The number of ether oxygens (including phenoxy) is 1. The first-order valence-electron chi connectivity index (χ1n) is 6.48. The first kappa shape index (κ1) is 16.7. The van der Waals surface area contributed by atoms with Crippen molar-refractivity contribution in [3.8, 4) is 5.75 Å². The second-order valence-corrected chi connectivity index (χ2v) is 6.31. The zero-order valence-corrected chi connectivity index (χ0v) is 12.6. The molecular formula is C13H22N2O4S. The summed E-state index contributed by atoms with van der Waals surface area (Å²) in [6, 6.07) is 4.33. The summed E-state index contributed by atoms with van der Waals surface area (Å²) >= 11 is 0. The molecule has 0 saturated heterocycles. The van der Waals surface area contributed by atoms with E-state index in [2.05, 4.69) is 4.72 Å². The van der Waals surface area contributed by atoms with Crippen molar-refractivity contribution < 1.29 is 18.3 Å². The Morgan fingerprint density at radius 2 is 2.15 bits per heavy atom. The van der Waals surface area contributed by atoms with E-state index in [0.29, 0.717) is 24.4 Å². The summed E-state index contributed by atoms with van der Waals surface area (Å²) in [6.07, 6.45) is 1.37. The van der Waals surface area contributed by atoms with Gasteiger partial charge in [-0.3, -0.25) is 0 Å². The molecule has 7 heteroatoms. The number of hydrogen-bond donors (Lipinski definition) is 3. The number of anilines is 1. The fourth-order valence-electron chi connectivity index (χ4n) is 1.80. The van der Waals surface area contributed by atoms with Gasteiger partial charge in [-0.1, -0.05) is 13.3 Å². The van der Waals surface area contributed by atoms with Crippen LogP contribution in [0.2, 0.25) is 0 Å². The maximum absolute atomic E-state index is 12.2. The number of hydrogen-bond acceptors (Lipinski definition) is 5. The van der Waals surface area contributed by atoms with Crippen molar-refractivity contribution in [1.82, 2.24) is 4.72 Å². The van der Waals surface area contributed by atoms with E-state index in [1.165, 1.54) is 25.3 Å². The quantitative estimate of drug-likeness (QED) is 0.621. The second kappa shape index (κ2) is 7.47. The number of aliphatic hydroxyl groups excluding tert-OH is 1. The fourth-order valence-corrected chi connectivity index (χ4v) is 2.93. The molecule has 1 atom stereocenters. The molecule has 1 unspecified atom stereocenters. The molecule has 0 aromatic heterocycles. The van der Waals surface area contributed by atoms with Crippen LogP contribution in [-0.2, 0) is 10.0 Å². The van der Waals surface area contributed by atoms with Crippen molar-refractivity contribution in [1.29, 1.82) is 0 Å². The topological polar surface area (TPSA) is 102 Å². The first-order valence-corrected chi connectivity index (χ1v) is 7.97. The van der Waals surface area contributed by atoms with Gasteiger partial charge in [-0.2, -0.15) is 0 Å². The van der Waals surface area contributed by atoms with E-state index in [1.54, 1.807) is 0 Å². The van der Waals surface area contributed by atoms with Gasteiger partial charge in [0.2, 0.25) is 10.0 Å². The molecule has 114 valence electrons. The minimum absolute atomic E-state index is 0.0515. The minimum Gasteiger partial charge on any atom is -0.495 e. The van der Waals surface area contributed by atoms with E-state index < -0.39 is 10.0 Å². The normalized spacial score (nSPS) is 13.2. The number of nitrogens with one attached hydrogen (secondary N) is 1. The summed E-state index contributed by atoms with van der Waals surface area (Å²) in [4.78, 5) is 0.113. The molecule has 0 amide bonds. The van der Waals surface area contributed by atoms with Crippen molar-refractivity contribution in [3.05, 3.63) is 18.2 Å². The van der Waals surface area contributed by atoms with E-state index in [9.17, 15) is 8.42 Å². The smallest absolute Gasteiger partial charge is 0.240 e. The second-order valence-electron chi connectivity index (χ2n) is 4.54. The lowest BCUT2D eigenvalue weighted by Gasteiger charge is -2.15. The molecule has 0 spiro atoms. The van der Waals surface area contributed by atoms with Gasteiger partial charge in [0.1, 0.15) is 5.75 Å². The van der Waals surface area contributed by atoms with Gasteiger partial charge in [-0.05, 0) is 24.5 Å². The summed E-state index contributed by atoms with van der Waals surface area (Å²) in [7, 11) is -2.17. The highest BCUT2D eigenvalue weighted by molar-refractivity contribution is 7.89. The summed E-state index contributed by atoms with van der Waals surface area (Å²) in [5, 5.41) is 8.91. The number of benzene rings is 1. The monoisotopic (exact) mass is 302 g/mol. The maximum atomic E-state index is 12.2. The van der Waals surface area contributed by atoms with Crippen LogP contribution in [0.15, 0.2) is 23.1 Å². The van der Waals surface area contributed by atoms with E-state index in [1.807, 2.05) is 6.92 Å². The molecule has 1 rings (SSSR count). The molecule has 4 N–H and O–H groups in total. The largest absolute Gasteiger partial charge is 0.495 e. The van der Waals surface area contributed by atoms with Crippen molar-refractivity contribution in [2.24, 2.45) is 5.92 Å². The van der Waals surface area contributed by atoms with Crippen molar-refractivity contribution >= 4 is 15.7 Å². The van der Waals surface area contributed by atoms with Gasteiger partial charge in [0.05, 0.1) is 17.7 Å². The Bertz CT molecular complexity index is 531. The van der Waals surface area contributed by atoms with E-state index >= 15 is 0 Å². The Morgan fingerprint density at radius 1 is 1.45 bits per heavy atom. The third kappa shape index (κ3) is 4.36. The Labute approximate surface area is 120 Å². The molecule has 0 saturated carbocycles. The zero-order valence-electron chi connectivity index (χ0n) is 11.8. The highest BCUT2D eigenvalue weighted by Crippen LogP contribution is 2.24. The molecule has 0 fully saturated rings. The molecule has 0 aliphatic carbocycles. The number of aliphatic hydroxyl groups is 1. The zero-order chi connectivity index (χ0) is 15.2. The van der Waals surface area contributed by atoms with E-state index in [-0.39, 0.29) is 17.4 Å². The molecule has 0 aliphatic rings. The van der Waals surface area contributed by atoms with Crippen LogP contribution in [-0.4, -0.2) is 33.8 Å². The lowest BCUT2D eigenvalue weighted by molar-refractivity contribution is 0.254. The average Bonchev–Trinajstić information content (AvgIpc) is 2.43. The van der Waals surface area contributed by atoms with Crippen LogP contribution in [0.1, 0.15) is 19.8 Å². The van der Waals surface area contributed by atoms with Gasteiger partial charge in [-0.15, -0.1) is 0 Å². The predicted octanol–water partition coefficient (Wildman–Crippen LogP) is 0.964. The van der Waals surface area contributed by atoms with Crippen LogP contribution < -0.4 is 15.2 Å². The fraction of sp³-hybridized carbons (Fsp3) is 0.538. The molecule has 1 aromatic carbocycles. The summed E-state index contributed by atoms with van der Waals surface area (Å²) in [6.45, 7) is 2.31. The lowest BCUT2D eigenvalue weighted by atomic mass is 10.0. The highest BCUT2D eigenvalue weighted by atomic mass is 32.2. The maximum Gasteiger partial charge on any atom is 0.240 e. The molecule has 0 aliphatic heterocycles. The Morgan fingerprint density at radius 3 is 2.70 bits per heavy atom. The number of nitrogens with two attached hydrogens (primary N) is 1. The molecule has 20 heavy (non-hydrogen) atoms. The van der Waals surface area contributed by atoms with Gasteiger partial charge >= 0.3 is 0 Å².